The number of nitrogens with zero attached hydrogens (tertiary/aromatic N) is 1. The summed E-state index contributed by atoms with van der Waals surface area (Å²) < 4.78 is 12.6. The van der Waals surface area contributed by atoms with E-state index in [0.29, 0.717) is 17.4 Å². The molecule has 0 aliphatic heterocycles. The van der Waals surface area contributed by atoms with Crippen molar-refractivity contribution in [3.63, 3.8) is 0 Å². The molecule has 4 rings (SSSR count). The zero-order valence-corrected chi connectivity index (χ0v) is 17.0. The Balaban J connectivity index is 0.000000224. The van der Waals surface area contributed by atoms with Gasteiger partial charge in [0.05, 0.1) is 10.9 Å². The number of aromatic amines is 1. The number of primary amides is 1. The molecule has 2 heterocycles. The van der Waals surface area contributed by atoms with Crippen LogP contribution in [0.15, 0.2) is 41.3 Å². The predicted molar refractivity (Wildman–Crippen MR) is 113 cm³/mol. The third kappa shape index (κ3) is 4.53. The standard InChI is InChI=1S/C15H17N3O2.C8H9F/c1-8-2-3-9(6-8)11-7-12(19)13-10(18-11)4-5-17-14(13)15(16)20;1-6-4-3-5-8(9)7(6)2/h4-5,7-9H,2-3,6H2,1H3,(H2,16,20)(H,18,19);3-5H,1-2H3. The van der Waals surface area contributed by atoms with Gasteiger partial charge in [-0.1, -0.05) is 25.5 Å². The highest BCUT2D eigenvalue weighted by molar-refractivity contribution is 6.03. The maximum atomic E-state index is 12.6. The van der Waals surface area contributed by atoms with Crippen molar-refractivity contribution in [2.75, 3.05) is 0 Å². The molecule has 3 N–H and O–H groups in total. The van der Waals surface area contributed by atoms with Crippen molar-refractivity contribution in [3.05, 3.63) is 75.1 Å². The van der Waals surface area contributed by atoms with Gasteiger partial charge in [-0.15, -0.1) is 0 Å². The van der Waals surface area contributed by atoms with Crippen molar-refractivity contribution in [2.24, 2.45) is 11.7 Å². The quantitative estimate of drug-likeness (QED) is 0.675. The number of H-pyrrole nitrogens is 1. The zero-order chi connectivity index (χ0) is 21.1. The zero-order valence-electron chi connectivity index (χ0n) is 17.0. The maximum absolute atomic E-state index is 12.6. The smallest absolute Gasteiger partial charge is 0.268 e. The number of benzene rings is 1. The summed E-state index contributed by atoms with van der Waals surface area (Å²) in [6, 6.07) is 8.41. The molecule has 29 heavy (non-hydrogen) atoms. The maximum Gasteiger partial charge on any atom is 0.268 e. The van der Waals surface area contributed by atoms with Gasteiger partial charge in [0.1, 0.15) is 11.5 Å². The third-order valence-corrected chi connectivity index (χ3v) is 5.67. The molecule has 0 spiro atoms. The van der Waals surface area contributed by atoms with E-state index in [1.54, 1.807) is 25.1 Å². The number of rotatable bonds is 2. The molecule has 2 atom stereocenters. The average Bonchev–Trinajstić information content (AvgIpc) is 3.12. The first-order valence-corrected chi connectivity index (χ1v) is 9.81. The number of nitrogens with one attached hydrogen (secondary N) is 1. The van der Waals surface area contributed by atoms with Gasteiger partial charge in [0.2, 0.25) is 0 Å². The highest BCUT2D eigenvalue weighted by atomic mass is 19.1. The van der Waals surface area contributed by atoms with E-state index in [9.17, 15) is 14.0 Å². The number of hydrogen-bond acceptors (Lipinski definition) is 3. The topological polar surface area (TPSA) is 88.8 Å². The summed E-state index contributed by atoms with van der Waals surface area (Å²) in [5, 5.41) is 0.287. The van der Waals surface area contributed by atoms with E-state index in [4.69, 9.17) is 5.73 Å². The molecule has 1 saturated carbocycles. The van der Waals surface area contributed by atoms with E-state index in [0.717, 1.165) is 29.7 Å². The van der Waals surface area contributed by atoms with Gasteiger partial charge in [-0.3, -0.25) is 14.6 Å². The first-order chi connectivity index (χ1) is 13.8. The minimum absolute atomic E-state index is 0.0371. The number of aromatic nitrogens is 2. The molecule has 1 aliphatic rings. The summed E-state index contributed by atoms with van der Waals surface area (Å²) in [5.41, 5.74) is 8.47. The first-order valence-electron chi connectivity index (χ1n) is 9.81. The minimum Gasteiger partial charge on any atom is -0.364 e. The number of nitrogens with two attached hydrogens (primary N) is 1. The predicted octanol–water partition coefficient (Wildman–Crippen LogP) is 4.37. The summed E-state index contributed by atoms with van der Waals surface area (Å²) in [5.74, 6) is 0.295. The molecule has 1 aliphatic carbocycles. The monoisotopic (exact) mass is 395 g/mol. The Hall–Kier alpha value is -3.02. The van der Waals surface area contributed by atoms with Crippen LogP contribution < -0.4 is 11.2 Å². The van der Waals surface area contributed by atoms with Gasteiger partial charge in [-0.25, -0.2) is 4.39 Å². The second-order valence-corrected chi connectivity index (χ2v) is 7.83. The summed E-state index contributed by atoms with van der Waals surface area (Å²) >= 11 is 0. The SMILES string of the molecule is CC1CCC(c2cc(=O)c3c(C(N)=O)nccc3[nH]2)C1.Cc1cccc(F)c1C. The Bertz CT molecular complexity index is 1090. The van der Waals surface area contributed by atoms with Crippen molar-refractivity contribution < 1.29 is 9.18 Å². The second kappa shape index (κ2) is 8.55. The van der Waals surface area contributed by atoms with Gasteiger partial charge in [0.25, 0.3) is 5.91 Å². The number of hydrogen-bond donors (Lipinski definition) is 2. The van der Waals surface area contributed by atoms with Crippen molar-refractivity contribution >= 4 is 16.8 Å². The lowest BCUT2D eigenvalue weighted by Gasteiger charge is -2.11. The number of amides is 1. The summed E-state index contributed by atoms with van der Waals surface area (Å²) in [7, 11) is 0. The molecule has 1 aromatic carbocycles. The number of carbonyl (C=O) groups is 1. The Morgan fingerprint density at radius 2 is 2.00 bits per heavy atom. The average molecular weight is 395 g/mol. The number of carbonyl (C=O) groups excluding carboxylic acids is 1. The molecule has 2 unspecified atom stereocenters. The van der Waals surface area contributed by atoms with E-state index < -0.39 is 5.91 Å². The third-order valence-electron chi connectivity index (χ3n) is 5.67. The first kappa shape index (κ1) is 20.7. The number of halogens is 1. The van der Waals surface area contributed by atoms with Crippen molar-refractivity contribution in [1.29, 1.82) is 0 Å². The molecule has 1 fully saturated rings. The molecule has 0 bridgehead atoms. The van der Waals surface area contributed by atoms with E-state index in [2.05, 4.69) is 16.9 Å². The fraction of sp³-hybridized carbons (Fsp3) is 0.348. The highest BCUT2D eigenvalue weighted by Crippen LogP contribution is 2.37. The molecular weight excluding hydrogens is 369 g/mol. The van der Waals surface area contributed by atoms with E-state index in [-0.39, 0.29) is 22.3 Å². The van der Waals surface area contributed by atoms with Crippen LogP contribution in [-0.2, 0) is 0 Å². The normalized spacial score (nSPS) is 18.3. The lowest BCUT2D eigenvalue weighted by atomic mass is 10.0. The van der Waals surface area contributed by atoms with Crippen molar-refractivity contribution in [3.8, 4) is 0 Å². The number of aryl methyl sites for hydroxylation is 1. The van der Waals surface area contributed by atoms with E-state index >= 15 is 0 Å². The summed E-state index contributed by atoms with van der Waals surface area (Å²) in [6.07, 6.45) is 4.87. The van der Waals surface area contributed by atoms with Gasteiger partial charge in [-0.2, -0.15) is 0 Å². The van der Waals surface area contributed by atoms with Crippen LogP contribution in [0, 0.1) is 25.6 Å². The van der Waals surface area contributed by atoms with Crippen LogP contribution in [-0.4, -0.2) is 15.9 Å². The van der Waals surface area contributed by atoms with Gasteiger partial charge in [-0.05, 0) is 61.8 Å². The van der Waals surface area contributed by atoms with E-state index in [1.807, 2.05) is 13.0 Å². The lowest BCUT2D eigenvalue weighted by Crippen LogP contribution is -2.18. The number of fused-ring (bicyclic) bond motifs is 1. The highest BCUT2D eigenvalue weighted by Gasteiger charge is 2.24. The Morgan fingerprint density at radius 1 is 1.24 bits per heavy atom. The number of pyridine rings is 2. The molecule has 5 nitrogen and oxygen atoms in total. The molecule has 1 amide bonds. The molecule has 3 aromatic rings. The van der Waals surface area contributed by atoms with Crippen molar-refractivity contribution in [2.45, 2.75) is 46.0 Å². The van der Waals surface area contributed by atoms with Gasteiger partial charge in [0, 0.05) is 18.0 Å². The molecule has 2 aromatic heterocycles. The van der Waals surface area contributed by atoms with Crippen LogP contribution in [0.1, 0.15) is 59.4 Å². The molecule has 0 radical (unpaired) electrons. The lowest BCUT2D eigenvalue weighted by molar-refractivity contribution is 0.0997. The van der Waals surface area contributed by atoms with Gasteiger partial charge in [0.15, 0.2) is 5.43 Å². The van der Waals surface area contributed by atoms with Crippen LogP contribution in [0.25, 0.3) is 10.9 Å². The molecular formula is C23H26FN3O2. The Labute approximate surface area is 169 Å². The fourth-order valence-electron chi connectivity index (χ4n) is 3.83. The summed E-state index contributed by atoms with van der Waals surface area (Å²) in [4.78, 5) is 30.8. The summed E-state index contributed by atoms with van der Waals surface area (Å²) in [6.45, 7) is 5.91. The molecule has 0 saturated heterocycles. The second-order valence-electron chi connectivity index (χ2n) is 7.83. The van der Waals surface area contributed by atoms with Crippen LogP contribution in [0.5, 0.6) is 0 Å². The van der Waals surface area contributed by atoms with Crippen LogP contribution in [0.3, 0.4) is 0 Å². The fourth-order valence-corrected chi connectivity index (χ4v) is 3.83. The van der Waals surface area contributed by atoms with Crippen LogP contribution in [0.2, 0.25) is 0 Å². The van der Waals surface area contributed by atoms with Crippen LogP contribution >= 0.6 is 0 Å². The van der Waals surface area contributed by atoms with Crippen molar-refractivity contribution in [1.82, 2.24) is 9.97 Å². The van der Waals surface area contributed by atoms with Gasteiger partial charge >= 0.3 is 0 Å². The largest absolute Gasteiger partial charge is 0.364 e. The van der Waals surface area contributed by atoms with Crippen LogP contribution in [0.4, 0.5) is 4.39 Å². The van der Waals surface area contributed by atoms with Gasteiger partial charge < -0.3 is 10.7 Å². The molecule has 6 heteroatoms. The Kier molecular flexibility index (Phi) is 6.11. The van der Waals surface area contributed by atoms with E-state index in [1.165, 1.54) is 18.7 Å². The Morgan fingerprint density at radius 3 is 2.59 bits per heavy atom. The molecule has 152 valence electrons. The minimum atomic E-state index is -0.677.